The molecule has 14 heavy (non-hydrogen) atoms. The van der Waals surface area contributed by atoms with Gasteiger partial charge in [0.05, 0.1) is 6.20 Å². The molecule has 2 rings (SSSR count). The lowest BCUT2D eigenvalue weighted by molar-refractivity contribution is 0.990. The van der Waals surface area contributed by atoms with Crippen LogP contribution in [-0.4, -0.2) is 20.2 Å². The first-order valence-corrected chi connectivity index (χ1v) is 5.01. The van der Waals surface area contributed by atoms with Crippen LogP contribution in [0.4, 0.5) is 5.95 Å². The van der Waals surface area contributed by atoms with Crippen LogP contribution in [0.5, 0.6) is 0 Å². The molecule has 2 aromatic rings. The highest BCUT2D eigenvalue weighted by Crippen LogP contribution is 2.22. The van der Waals surface area contributed by atoms with Crippen molar-refractivity contribution in [3.63, 3.8) is 0 Å². The number of thiazole rings is 1. The van der Waals surface area contributed by atoms with Gasteiger partial charge in [-0.1, -0.05) is 6.92 Å². The van der Waals surface area contributed by atoms with Crippen LogP contribution >= 0.6 is 11.3 Å². The first kappa shape index (κ1) is 9.01. The first-order valence-electron chi connectivity index (χ1n) is 4.20. The van der Waals surface area contributed by atoms with E-state index in [-0.39, 0.29) is 5.95 Å². The second kappa shape index (κ2) is 3.67. The zero-order chi connectivity index (χ0) is 9.97. The van der Waals surface area contributed by atoms with Crippen molar-refractivity contribution in [2.75, 3.05) is 5.73 Å². The van der Waals surface area contributed by atoms with Crippen molar-refractivity contribution in [1.82, 2.24) is 20.2 Å². The summed E-state index contributed by atoms with van der Waals surface area (Å²) < 4.78 is 0. The third-order valence-corrected chi connectivity index (χ3v) is 2.86. The van der Waals surface area contributed by atoms with Crippen molar-refractivity contribution in [2.24, 2.45) is 0 Å². The van der Waals surface area contributed by atoms with Crippen molar-refractivity contribution < 1.29 is 0 Å². The van der Waals surface area contributed by atoms with Gasteiger partial charge in [-0.3, -0.25) is 0 Å². The van der Waals surface area contributed by atoms with E-state index >= 15 is 0 Å². The highest BCUT2D eigenvalue weighted by Gasteiger charge is 2.05. The molecule has 0 amide bonds. The van der Waals surface area contributed by atoms with Gasteiger partial charge in [0, 0.05) is 11.1 Å². The molecule has 0 unspecified atom stereocenters. The molecule has 0 bridgehead atoms. The van der Waals surface area contributed by atoms with E-state index in [0.717, 1.165) is 11.4 Å². The van der Waals surface area contributed by atoms with Crippen LogP contribution in [0, 0.1) is 0 Å². The summed E-state index contributed by atoms with van der Waals surface area (Å²) in [7, 11) is 0. The number of hydrogen-bond acceptors (Lipinski definition) is 6. The molecule has 0 aliphatic rings. The monoisotopic (exact) mass is 207 g/mol. The quantitative estimate of drug-likeness (QED) is 0.799. The summed E-state index contributed by atoms with van der Waals surface area (Å²) in [5.74, 6) is 0.182. The molecule has 72 valence electrons. The number of nitrogens with two attached hydrogens (primary N) is 1. The summed E-state index contributed by atoms with van der Waals surface area (Å²) in [6.07, 6.45) is 4.41. The second-order valence-corrected chi connectivity index (χ2v) is 3.80. The molecule has 2 N–H and O–H groups in total. The highest BCUT2D eigenvalue weighted by atomic mass is 32.1. The van der Waals surface area contributed by atoms with Gasteiger partial charge in [0.1, 0.15) is 10.7 Å². The van der Waals surface area contributed by atoms with E-state index in [1.165, 1.54) is 4.88 Å². The molecule has 0 saturated carbocycles. The Balaban J connectivity index is 2.34. The Morgan fingerprint density at radius 3 is 2.71 bits per heavy atom. The highest BCUT2D eigenvalue weighted by molar-refractivity contribution is 7.14. The van der Waals surface area contributed by atoms with Gasteiger partial charge in [0.15, 0.2) is 0 Å². The zero-order valence-electron chi connectivity index (χ0n) is 7.64. The molecule has 2 heterocycles. The molecule has 0 aliphatic carbocycles. The molecular formula is C8H9N5S. The number of nitrogen functional groups attached to an aromatic ring is 1. The van der Waals surface area contributed by atoms with Gasteiger partial charge in [-0.15, -0.1) is 21.5 Å². The maximum Gasteiger partial charge on any atom is 0.240 e. The van der Waals surface area contributed by atoms with Gasteiger partial charge in [0.25, 0.3) is 0 Å². The van der Waals surface area contributed by atoms with Crippen LogP contribution in [0.3, 0.4) is 0 Å². The van der Waals surface area contributed by atoms with E-state index in [1.54, 1.807) is 17.5 Å². The lowest BCUT2D eigenvalue weighted by atomic mass is 10.4. The van der Waals surface area contributed by atoms with Gasteiger partial charge in [0.2, 0.25) is 5.95 Å². The summed E-state index contributed by atoms with van der Waals surface area (Å²) in [5, 5.41) is 8.42. The van der Waals surface area contributed by atoms with E-state index in [2.05, 4.69) is 27.1 Å². The second-order valence-electron chi connectivity index (χ2n) is 2.69. The molecule has 6 heteroatoms. The molecule has 0 radical (unpaired) electrons. The van der Waals surface area contributed by atoms with E-state index in [1.807, 2.05) is 6.20 Å². The number of aryl methyl sites for hydroxylation is 1. The molecule has 0 fully saturated rings. The molecule has 0 aromatic carbocycles. The van der Waals surface area contributed by atoms with Crippen molar-refractivity contribution in [3.8, 4) is 10.7 Å². The van der Waals surface area contributed by atoms with Crippen LogP contribution in [0.25, 0.3) is 10.7 Å². The fourth-order valence-corrected chi connectivity index (χ4v) is 1.77. The largest absolute Gasteiger partial charge is 0.366 e. The van der Waals surface area contributed by atoms with Gasteiger partial charge in [-0.2, -0.15) is 0 Å². The van der Waals surface area contributed by atoms with Gasteiger partial charge >= 0.3 is 0 Å². The normalized spacial score (nSPS) is 10.4. The van der Waals surface area contributed by atoms with Crippen LogP contribution in [0.15, 0.2) is 12.4 Å². The van der Waals surface area contributed by atoms with Gasteiger partial charge in [-0.25, -0.2) is 9.97 Å². The minimum atomic E-state index is 0.182. The van der Waals surface area contributed by atoms with Crippen molar-refractivity contribution in [3.05, 3.63) is 17.3 Å². The predicted molar refractivity (Wildman–Crippen MR) is 54.7 cm³/mol. The summed E-state index contributed by atoms with van der Waals surface area (Å²) in [6.45, 7) is 2.09. The Labute approximate surface area is 85.0 Å². The number of anilines is 1. The molecule has 0 aliphatic heterocycles. The van der Waals surface area contributed by atoms with E-state index in [4.69, 9.17) is 5.73 Å². The lowest BCUT2D eigenvalue weighted by Crippen LogP contribution is -1.97. The number of aromatic nitrogens is 4. The number of rotatable bonds is 2. The van der Waals surface area contributed by atoms with Crippen LogP contribution < -0.4 is 5.73 Å². The Morgan fingerprint density at radius 2 is 2.14 bits per heavy atom. The van der Waals surface area contributed by atoms with E-state index < -0.39 is 0 Å². The number of nitrogens with zero attached hydrogens (tertiary/aromatic N) is 4. The van der Waals surface area contributed by atoms with Gasteiger partial charge in [-0.05, 0) is 6.42 Å². The average Bonchev–Trinajstić information content (AvgIpc) is 2.67. The third-order valence-electron chi connectivity index (χ3n) is 1.70. The van der Waals surface area contributed by atoms with Crippen molar-refractivity contribution >= 4 is 17.3 Å². The van der Waals surface area contributed by atoms with E-state index in [0.29, 0.717) is 5.69 Å². The molecule has 0 saturated heterocycles. The maximum atomic E-state index is 5.33. The topological polar surface area (TPSA) is 77.6 Å². The van der Waals surface area contributed by atoms with Gasteiger partial charge < -0.3 is 5.73 Å². The summed E-state index contributed by atoms with van der Waals surface area (Å²) in [6, 6.07) is 0. The fraction of sp³-hybridized carbons (Fsp3) is 0.250. The zero-order valence-corrected chi connectivity index (χ0v) is 8.45. The van der Waals surface area contributed by atoms with Crippen LogP contribution in [-0.2, 0) is 6.42 Å². The Bertz CT molecular complexity index is 422. The molecule has 5 nitrogen and oxygen atoms in total. The Kier molecular flexibility index (Phi) is 2.36. The fourth-order valence-electron chi connectivity index (χ4n) is 0.971. The summed E-state index contributed by atoms with van der Waals surface area (Å²) >= 11 is 1.60. The van der Waals surface area contributed by atoms with Crippen LogP contribution in [0.1, 0.15) is 11.8 Å². The molecular weight excluding hydrogens is 198 g/mol. The average molecular weight is 207 g/mol. The predicted octanol–water partition coefficient (Wildman–Crippen LogP) is 1.14. The summed E-state index contributed by atoms with van der Waals surface area (Å²) in [4.78, 5) is 9.30. The Morgan fingerprint density at radius 1 is 1.29 bits per heavy atom. The minimum absolute atomic E-state index is 0.182. The maximum absolute atomic E-state index is 5.33. The smallest absolute Gasteiger partial charge is 0.240 e. The SMILES string of the molecule is CCc1cnc(-c2cnc(N)nn2)s1. The Hall–Kier alpha value is -1.56. The van der Waals surface area contributed by atoms with Crippen molar-refractivity contribution in [2.45, 2.75) is 13.3 Å². The lowest BCUT2D eigenvalue weighted by Gasteiger charge is -1.92. The minimum Gasteiger partial charge on any atom is -0.366 e. The molecule has 0 spiro atoms. The third kappa shape index (κ3) is 1.69. The number of hydrogen-bond donors (Lipinski definition) is 1. The van der Waals surface area contributed by atoms with Crippen molar-refractivity contribution in [1.29, 1.82) is 0 Å². The van der Waals surface area contributed by atoms with Crippen LogP contribution in [0.2, 0.25) is 0 Å². The summed E-state index contributed by atoms with van der Waals surface area (Å²) in [5.41, 5.74) is 6.00. The molecule has 0 atom stereocenters. The van der Waals surface area contributed by atoms with E-state index in [9.17, 15) is 0 Å². The standard InChI is InChI=1S/C8H9N5S/c1-2-5-3-10-7(14-5)6-4-11-8(9)13-12-6/h3-4H,2H2,1H3,(H2,9,11,13). The molecule has 2 aromatic heterocycles. The first-order chi connectivity index (χ1) is 6.79.